The van der Waals surface area contributed by atoms with Crippen molar-refractivity contribution < 1.29 is 24.2 Å². The first kappa shape index (κ1) is 21.4. The highest BCUT2D eigenvalue weighted by molar-refractivity contribution is 6.18. The molecule has 3 rings (SSSR count). The van der Waals surface area contributed by atoms with E-state index in [1.165, 1.54) is 13.4 Å². The van der Waals surface area contributed by atoms with Gasteiger partial charge < -0.3 is 19.4 Å². The second-order valence-electron chi connectivity index (χ2n) is 7.03. The Labute approximate surface area is 176 Å². The lowest BCUT2D eigenvalue weighted by Gasteiger charge is -2.13. The summed E-state index contributed by atoms with van der Waals surface area (Å²) in [5.41, 5.74) is 2.02. The molecule has 0 bridgehead atoms. The third-order valence-electron chi connectivity index (χ3n) is 4.61. The van der Waals surface area contributed by atoms with Crippen LogP contribution in [0, 0.1) is 5.92 Å². The highest BCUT2D eigenvalue weighted by atomic mass is 16.6. The molecule has 1 heterocycles. The lowest BCUT2D eigenvalue weighted by atomic mass is 10.0. The minimum absolute atomic E-state index is 0.0194. The van der Waals surface area contributed by atoms with E-state index in [0.29, 0.717) is 30.3 Å². The molecule has 1 aliphatic rings. The number of aliphatic carboxylic acids is 1. The summed E-state index contributed by atoms with van der Waals surface area (Å²) in [5.74, 6) is -0.305. The largest absolute Gasteiger partial charge is 0.503 e. The molecule has 0 atom stereocenters. The number of nitrogens with zero attached hydrogens (tertiary/aromatic N) is 2. The fourth-order valence-corrected chi connectivity index (χ4v) is 2.85. The van der Waals surface area contributed by atoms with Crippen LogP contribution < -0.4 is 0 Å². The van der Waals surface area contributed by atoms with Crippen LogP contribution in [0.4, 0.5) is 0 Å². The van der Waals surface area contributed by atoms with Crippen molar-refractivity contribution in [3.05, 3.63) is 71.7 Å². The lowest BCUT2D eigenvalue weighted by molar-refractivity contribution is -0.130. The molecule has 1 aromatic heterocycles. The van der Waals surface area contributed by atoms with Gasteiger partial charge in [-0.15, -0.1) is 0 Å². The molecule has 30 heavy (non-hydrogen) atoms. The minimum Gasteiger partial charge on any atom is -0.503 e. The zero-order chi connectivity index (χ0) is 21.2. The fourth-order valence-electron chi connectivity index (χ4n) is 2.85. The van der Waals surface area contributed by atoms with Gasteiger partial charge in [-0.2, -0.15) is 0 Å². The van der Waals surface area contributed by atoms with Crippen LogP contribution in [0.25, 0.3) is 5.57 Å². The Balaban J connectivity index is 1.73. The SMILES string of the molecule is CO/C=C(/C(=O)O)c1ccccc1/C(=N\OCCCc1ccccn1)OCC1CC1. The highest BCUT2D eigenvalue weighted by Crippen LogP contribution is 2.30. The van der Waals surface area contributed by atoms with Crippen molar-refractivity contribution >= 4 is 17.4 Å². The lowest BCUT2D eigenvalue weighted by Crippen LogP contribution is -2.14. The Bertz CT molecular complexity index is 891. The van der Waals surface area contributed by atoms with E-state index in [4.69, 9.17) is 14.3 Å². The summed E-state index contributed by atoms with van der Waals surface area (Å²) in [4.78, 5) is 21.5. The summed E-state index contributed by atoms with van der Waals surface area (Å²) in [6.07, 6.45) is 6.76. The Morgan fingerprint density at radius 2 is 1.97 bits per heavy atom. The molecule has 1 N–H and O–H groups in total. The van der Waals surface area contributed by atoms with Gasteiger partial charge in [-0.3, -0.25) is 4.98 Å². The number of ether oxygens (including phenoxy) is 2. The van der Waals surface area contributed by atoms with Crippen LogP contribution >= 0.6 is 0 Å². The zero-order valence-electron chi connectivity index (χ0n) is 17.0. The van der Waals surface area contributed by atoms with Crippen LogP contribution in [-0.4, -0.2) is 42.3 Å². The number of pyridine rings is 1. The molecule has 1 saturated carbocycles. The minimum atomic E-state index is -1.10. The van der Waals surface area contributed by atoms with Gasteiger partial charge in [0, 0.05) is 23.0 Å². The van der Waals surface area contributed by atoms with E-state index >= 15 is 0 Å². The van der Waals surface area contributed by atoms with Crippen molar-refractivity contribution in [3.8, 4) is 0 Å². The summed E-state index contributed by atoms with van der Waals surface area (Å²) in [7, 11) is 1.41. The Morgan fingerprint density at radius 1 is 1.20 bits per heavy atom. The average molecular weight is 410 g/mol. The van der Waals surface area contributed by atoms with Crippen molar-refractivity contribution in [2.45, 2.75) is 25.7 Å². The number of methoxy groups -OCH3 is 1. The Hall–Kier alpha value is -3.35. The summed E-state index contributed by atoms with van der Waals surface area (Å²) < 4.78 is 10.9. The summed E-state index contributed by atoms with van der Waals surface area (Å²) in [5, 5.41) is 13.8. The van der Waals surface area contributed by atoms with Crippen molar-refractivity contribution in [2.75, 3.05) is 20.3 Å². The quantitative estimate of drug-likeness (QED) is 0.151. The van der Waals surface area contributed by atoms with Gasteiger partial charge in [0.05, 0.1) is 20.0 Å². The molecule has 7 nitrogen and oxygen atoms in total. The molecule has 1 fully saturated rings. The van der Waals surface area contributed by atoms with Gasteiger partial charge in [-0.1, -0.05) is 24.3 Å². The number of benzene rings is 1. The van der Waals surface area contributed by atoms with Crippen LogP contribution in [0.1, 0.15) is 36.1 Å². The maximum Gasteiger partial charge on any atom is 0.339 e. The van der Waals surface area contributed by atoms with Crippen molar-refractivity contribution in [1.82, 2.24) is 4.98 Å². The topological polar surface area (TPSA) is 90.2 Å². The van der Waals surface area contributed by atoms with E-state index in [1.807, 2.05) is 24.3 Å². The van der Waals surface area contributed by atoms with Gasteiger partial charge in [-0.25, -0.2) is 4.79 Å². The molecular weight excluding hydrogens is 384 g/mol. The third-order valence-corrected chi connectivity index (χ3v) is 4.61. The number of aromatic nitrogens is 1. The Morgan fingerprint density at radius 3 is 2.63 bits per heavy atom. The molecule has 2 aromatic rings. The Kier molecular flexibility index (Phi) is 7.83. The molecule has 0 amide bonds. The second-order valence-corrected chi connectivity index (χ2v) is 7.03. The van der Waals surface area contributed by atoms with Crippen molar-refractivity contribution in [3.63, 3.8) is 0 Å². The second kappa shape index (κ2) is 11.0. The summed E-state index contributed by atoms with van der Waals surface area (Å²) in [6, 6.07) is 12.8. The first-order chi connectivity index (χ1) is 14.7. The van der Waals surface area contributed by atoms with E-state index in [0.717, 1.165) is 31.4 Å². The first-order valence-electron chi connectivity index (χ1n) is 9.97. The van der Waals surface area contributed by atoms with Crippen LogP contribution in [0.15, 0.2) is 60.1 Å². The number of carboxylic acid groups (broad SMARTS) is 1. The molecule has 0 aliphatic heterocycles. The van der Waals surface area contributed by atoms with Gasteiger partial charge in [0.2, 0.25) is 0 Å². The maximum absolute atomic E-state index is 11.7. The third kappa shape index (κ3) is 6.34. The van der Waals surface area contributed by atoms with Crippen molar-refractivity contribution in [2.24, 2.45) is 11.1 Å². The number of aryl methyl sites for hydroxylation is 1. The fraction of sp³-hybridized carbons (Fsp3) is 0.348. The van der Waals surface area contributed by atoms with Gasteiger partial charge in [0.1, 0.15) is 12.2 Å². The molecule has 1 aliphatic carbocycles. The van der Waals surface area contributed by atoms with E-state index in [1.54, 1.807) is 24.4 Å². The summed E-state index contributed by atoms with van der Waals surface area (Å²) in [6.45, 7) is 0.926. The number of oxime groups is 1. The van der Waals surface area contributed by atoms with Gasteiger partial charge in [0.25, 0.3) is 5.90 Å². The van der Waals surface area contributed by atoms with Crippen LogP contribution in [0.2, 0.25) is 0 Å². The molecule has 158 valence electrons. The zero-order valence-corrected chi connectivity index (χ0v) is 17.0. The first-order valence-corrected chi connectivity index (χ1v) is 9.97. The van der Waals surface area contributed by atoms with E-state index in [9.17, 15) is 9.90 Å². The van der Waals surface area contributed by atoms with E-state index in [-0.39, 0.29) is 11.5 Å². The standard InChI is InChI=1S/C23H26N2O5/c1-28-16-21(23(26)27)19-9-2-3-10-20(19)22(29-15-17-11-12-17)25-30-14-6-8-18-7-4-5-13-24-18/h2-5,7,9-10,13,16-17H,6,8,11-12,14-15H2,1H3,(H,26,27)/b21-16+,25-22+. The molecule has 0 radical (unpaired) electrons. The van der Waals surface area contributed by atoms with Crippen LogP contribution in [0.3, 0.4) is 0 Å². The molecule has 1 aromatic carbocycles. The molecule has 0 unspecified atom stereocenters. The normalized spacial score (nSPS) is 14.3. The number of hydrogen-bond acceptors (Lipinski definition) is 6. The smallest absolute Gasteiger partial charge is 0.339 e. The predicted molar refractivity (Wildman–Crippen MR) is 113 cm³/mol. The number of rotatable bonds is 11. The maximum atomic E-state index is 11.7. The van der Waals surface area contributed by atoms with Crippen LogP contribution in [-0.2, 0) is 25.5 Å². The monoisotopic (exact) mass is 410 g/mol. The van der Waals surface area contributed by atoms with Gasteiger partial charge in [0.15, 0.2) is 0 Å². The highest BCUT2D eigenvalue weighted by Gasteiger charge is 2.25. The van der Waals surface area contributed by atoms with E-state index in [2.05, 4.69) is 10.1 Å². The van der Waals surface area contributed by atoms with Crippen LogP contribution in [0.5, 0.6) is 0 Å². The van der Waals surface area contributed by atoms with Crippen molar-refractivity contribution in [1.29, 1.82) is 0 Å². The van der Waals surface area contributed by atoms with Gasteiger partial charge in [-0.05, 0) is 55.0 Å². The average Bonchev–Trinajstić information content (AvgIpc) is 3.59. The van der Waals surface area contributed by atoms with E-state index < -0.39 is 5.97 Å². The molecule has 0 saturated heterocycles. The van der Waals surface area contributed by atoms with Gasteiger partial charge >= 0.3 is 5.97 Å². The predicted octanol–water partition coefficient (Wildman–Crippen LogP) is 3.89. The summed E-state index contributed by atoms with van der Waals surface area (Å²) >= 11 is 0. The molecule has 7 heteroatoms. The number of carbonyl (C=O) groups is 1. The number of carboxylic acids is 1. The molecule has 0 spiro atoms. The molecular formula is C23H26N2O5. The number of hydrogen-bond donors (Lipinski definition) is 1.